The predicted octanol–water partition coefficient (Wildman–Crippen LogP) is 6.61. The Hall–Kier alpha value is -3.45. The number of hydrogen-bond acceptors (Lipinski definition) is 5. The van der Waals surface area contributed by atoms with Crippen LogP contribution in [0.25, 0.3) is 0 Å². The van der Waals surface area contributed by atoms with Gasteiger partial charge in [-0.2, -0.15) is 0 Å². The first kappa shape index (κ1) is 31.1. The molecular weight excluding hydrogens is 518 g/mol. The number of nitrogens with zero attached hydrogens (tertiary/aromatic N) is 1. The van der Waals surface area contributed by atoms with Crippen LogP contribution in [0.15, 0.2) is 83.1 Å². The van der Waals surface area contributed by atoms with Gasteiger partial charge < -0.3 is 14.4 Å². The monoisotopic (exact) mass is 561 g/mol. The van der Waals surface area contributed by atoms with Crippen molar-refractivity contribution < 1.29 is 23.9 Å². The van der Waals surface area contributed by atoms with Crippen molar-refractivity contribution in [2.24, 2.45) is 5.92 Å². The van der Waals surface area contributed by atoms with E-state index in [-0.39, 0.29) is 23.5 Å². The zero-order valence-electron chi connectivity index (χ0n) is 25.3. The highest BCUT2D eigenvalue weighted by Crippen LogP contribution is 2.39. The second-order valence-electron chi connectivity index (χ2n) is 13.0. The summed E-state index contributed by atoms with van der Waals surface area (Å²) >= 11 is 0. The van der Waals surface area contributed by atoms with Crippen LogP contribution in [0.2, 0.25) is 13.1 Å². The number of amides is 1. The van der Waals surface area contributed by atoms with Crippen LogP contribution in [0.3, 0.4) is 0 Å². The zero-order valence-corrected chi connectivity index (χ0v) is 26.3. The fraction of sp³-hybridized carbons (Fsp3) is 0.424. The van der Waals surface area contributed by atoms with Crippen molar-refractivity contribution in [2.75, 3.05) is 11.9 Å². The summed E-state index contributed by atoms with van der Waals surface area (Å²) in [4.78, 5) is 43.0. The van der Waals surface area contributed by atoms with Gasteiger partial charge >= 0.3 is 11.9 Å². The summed E-state index contributed by atoms with van der Waals surface area (Å²) < 4.78 is 11.7. The molecule has 0 saturated carbocycles. The van der Waals surface area contributed by atoms with Crippen molar-refractivity contribution >= 4 is 31.6 Å². The zero-order chi connectivity index (χ0) is 29.9. The fourth-order valence-electron chi connectivity index (χ4n) is 4.87. The minimum absolute atomic E-state index is 0.0544. The summed E-state index contributed by atoms with van der Waals surface area (Å²) in [5.74, 6) is -1.95. The number of hydrogen-bond donors (Lipinski definition) is 0. The molecule has 0 bridgehead atoms. The van der Waals surface area contributed by atoms with Crippen molar-refractivity contribution in [2.45, 2.75) is 78.3 Å². The van der Waals surface area contributed by atoms with E-state index < -0.39 is 37.1 Å². The molecule has 7 heteroatoms. The maximum absolute atomic E-state index is 13.9. The molecular formula is C33H43NO5Si. The fourth-order valence-corrected chi connectivity index (χ4v) is 7.90. The molecule has 1 unspecified atom stereocenters. The second-order valence-corrected chi connectivity index (χ2v) is 17.7. The van der Waals surface area contributed by atoms with Gasteiger partial charge in [0.1, 0.15) is 11.2 Å². The van der Waals surface area contributed by atoms with E-state index in [1.165, 1.54) is 0 Å². The summed E-state index contributed by atoms with van der Waals surface area (Å²) in [6.07, 6.45) is 1.98. The Bertz CT molecular complexity index is 1300. The van der Waals surface area contributed by atoms with E-state index in [1.807, 2.05) is 54.6 Å². The van der Waals surface area contributed by atoms with Gasteiger partial charge in [-0.25, -0.2) is 9.59 Å². The van der Waals surface area contributed by atoms with E-state index in [2.05, 4.69) is 25.2 Å². The summed E-state index contributed by atoms with van der Waals surface area (Å²) in [5, 5.41) is 0.748. The van der Waals surface area contributed by atoms with Gasteiger partial charge in [-0.05, 0) is 71.3 Å². The van der Waals surface area contributed by atoms with Crippen molar-refractivity contribution in [1.82, 2.24) is 0 Å². The molecule has 2 aromatic rings. The molecule has 0 saturated heterocycles. The molecule has 1 amide bonds. The molecule has 1 aliphatic rings. The van der Waals surface area contributed by atoms with Crippen LogP contribution in [0.5, 0.6) is 0 Å². The highest BCUT2D eigenvalue weighted by Gasteiger charge is 2.43. The molecule has 0 fully saturated rings. The molecule has 0 heterocycles. The molecule has 3 rings (SSSR count). The summed E-state index contributed by atoms with van der Waals surface area (Å²) in [6, 6.07) is 20.2. The highest BCUT2D eigenvalue weighted by molar-refractivity contribution is 6.85. The van der Waals surface area contributed by atoms with Gasteiger partial charge in [0.2, 0.25) is 5.91 Å². The van der Waals surface area contributed by atoms with E-state index in [1.54, 1.807) is 53.5 Å². The first-order valence-electron chi connectivity index (χ1n) is 13.8. The number of anilines is 1. The van der Waals surface area contributed by atoms with Crippen LogP contribution in [-0.4, -0.2) is 44.2 Å². The van der Waals surface area contributed by atoms with Gasteiger partial charge in [0.25, 0.3) is 0 Å². The van der Waals surface area contributed by atoms with Crippen LogP contribution in [0, 0.1) is 5.92 Å². The Morgan fingerprint density at radius 3 is 1.85 bits per heavy atom. The molecule has 1 aliphatic carbocycles. The molecule has 2 aromatic carbocycles. The van der Waals surface area contributed by atoms with Crippen LogP contribution >= 0.6 is 0 Å². The number of ether oxygens (including phenoxy) is 2. The molecule has 1 atom stereocenters. The molecule has 214 valence electrons. The first-order valence-corrected chi connectivity index (χ1v) is 17.0. The normalized spacial score (nSPS) is 16.2. The number of esters is 2. The summed E-state index contributed by atoms with van der Waals surface area (Å²) in [5.41, 5.74) is 0.806. The Kier molecular flexibility index (Phi) is 9.30. The van der Waals surface area contributed by atoms with Crippen molar-refractivity contribution in [3.8, 4) is 0 Å². The molecule has 0 aromatic heterocycles. The van der Waals surface area contributed by atoms with E-state index in [0.717, 1.165) is 22.5 Å². The Labute approximate surface area is 240 Å². The molecule has 0 aliphatic heterocycles. The summed E-state index contributed by atoms with van der Waals surface area (Å²) in [7, 11) is -0.735. The molecule has 6 nitrogen and oxygen atoms in total. The predicted molar refractivity (Wildman–Crippen MR) is 162 cm³/mol. The van der Waals surface area contributed by atoms with Gasteiger partial charge in [-0.1, -0.05) is 73.3 Å². The van der Waals surface area contributed by atoms with Gasteiger partial charge in [0.05, 0.1) is 25.1 Å². The number of rotatable bonds is 7. The topological polar surface area (TPSA) is 72.9 Å². The Morgan fingerprint density at radius 2 is 1.32 bits per heavy atom. The number of para-hydroxylation sites is 1. The molecule has 40 heavy (non-hydrogen) atoms. The second kappa shape index (κ2) is 12.0. The molecule has 0 spiro atoms. The lowest BCUT2D eigenvalue weighted by molar-refractivity contribution is -0.153. The van der Waals surface area contributed by atoms with Gasteiger partial charge in [0.15, 0.2) is 0 Å². The van der Waals surface area contributed by atoms with Gasteiger partial charge in [-0.15, -0.1) is 0 Å². The lowest BCUT2D eigenvalue weighted by atomic mass is 9.87. The smallest absolute Gasteiger partial charge is 0.339 e. The van der Waals surface area contributed by atoms with E-state index in [0.29, 0.717) is 0 Å². The maximum atomic E-state index is 13.9. The third-order valence-corrected chi connectivity index (χ3v) is 9.79. The third-order valence-electron chi connectivity index (χ3n) is 6.62. The third kappa shape index (κ3) is 8.04. The van der Waals surface area contributed by atoms with E-state index >= 15 is 0 Å². The molecule has 0 radical (unpaired) electrons. The SMILES string of the molecule is CN(C(=O)C1C=C([Si](C)(C)Cc2ccccc2)C(C(=O)OC(C)(C)C)=C(C(=O)OC(C)(C)C)C1)c1ccccc1. The number of carbonyl (C=O) groups is 3. The largest absolute Gasteiger partial charge is 0.457 e. The average Bonchev–Trinajstić information content (AvgIpc) is 2.86. The Morgan fingerprint density at radius 1 is 0.825 bits per heavy atom. The van der Waals surface area contributed by atoms with Crippen LogP contribution in [-0.2, 0) is 29.9 Å². The minimum Gasteiger partial charge on any atom is -0.457 e. The van der Waals surface area contributed by atoms with Crippen LogP contribution < -0.4 is 4.90 Å². The lowest BCUT2D eigenvalue weighted by Crippen LogP contribution is -2.42. The minimum atomic E-state index is -2.47. The quantitative estimate of drug-likeness (QED) is 0.281. The van der Waals surface area contributed by atoms with Crippen molar-refractivity contribution in [1.29, 1.82) is 0 Å². The standard InChI is InChI=1S/C33H43NO5Si/c1-32(2,3)38-30(36)26-20-24(29(35)34(7)25-18-14-11-15-19-25)21-27(28(26)31(37)39-33(4,5)6)40(8,9)22-23-16-12-10-13-17-23/h10-19,21,24H,20,22H2,1-9H3. The van der Waals surface area contributed by atoms with Gasteiger partial charge in [-0.3, -0.25) is 4.79 Å². The van der Waals surface area contributed by atoms with Crippen LogP contribution in [0.4, 0.5) is 5.69 Å². The van der Waals surface area contributed by atoms with Gasteiger partial charge in [0, 0.05) is 12.7 Å². The van der Waals surface area contributed by atoms with Crippen molar-refractivity contribution in [3.63, 3.8) is 0 Å². The lowest BCUT2D eigenvalue weighted by Gasteiger charge is -2.35. The molecule has 0 N–H and O–H groups in total. The van der Waals surface area contributed by atoms with Crippen LogP contribution in [0.1, 0.15) is 53.5 Å². The van der Waals surface area contributed by atoms with E-state index in [9.17, 15) is 14.4 Å². The summed E-state index contributed by atoms with van der Waals surface area (Å²) in [6.45, 7) is 15.1. The number of carbonyl (C=O) groups excluding carboxylic acids is 3. The average molecular weight is 562 g/mol. The Balaban J connectivity index is 2.19. The van der Waals surface area contributed by atoms with E-state index in [4.69, 9.17) is 9.47 Å². The highest BCUT2D eigenvalue weighted by atomic mass is 28.3. The first-order chi connectivity index (χ1) is 18.5. The van der Waals surface area contributed by atoms with Crippen molar-refractivity contribution in [3.05, 3.63) is 88.6 Å². The maximum Gasteiger partial charge on any atom is 0.339 e. The number of benzene rings is 2.